The molecule has 1 saturated heterocycles. The third kappa shape index (κ3) is 4.49. The highest BCUT2D eigenvalue weighted by Gasteiger charge is 2.18. The van der Waals surface area contributed by atoms with Crippen molar-refractivity contribution in [3.8, 4) is 0 Å². The summed E-state index contributed by atoms with van der Waals surface area (Å²) in [6.07, 6.45) is 0. The summed E-state index contributed by atoms with van der Waals surface area (Å²) < 4.78 is 0. The van der Waals surface area contributed by atoms with Crippen LogP contribution in [0.2, 0.25) is 0 Å². The predicted molar refractivity (Wildman–Crippen MR) is 96.3 cm³/mol. The van der Waals surface area contributed by atoms with Gasteiger partial charge in [-0.25, -0.2) is 0 Å². The molecule has 0 bridgehead atoms. The Morgan fingerprint density at radius 1 is 1.27 bits per heavy atom. The van der Waals surface area contributed by atoms with E-state index in [1.54, 1.807) is 23.1 Å². The lowest BCUT2D eigenvalue weighted by molar-refractivity contribution is 0.0939. The molecule has 118 valence electrons. The van der Waals surface area contributed by atoms with E-state index in [9.17, 15) is 4.79 Å². The SMILES string of the molecule is Cl.O=C(NCC1CNC1)c1ccccc1SCc1cccs1. The van der Waals surface area contributed by atoms with Gasteiger partial charge in [-0.05, 0) is 23.6 Å². The molecule has 0 unspecified atom stereocenters. The molecule has 0 spiro atoms. The summed E-state index contributed by atoms with van der Waals surface area (Å²) in [5, 5.41) is 8.35. The topological polar surface area (TPSA) is 41.1 Å². The van der Waals surface area contributed by atoms with Crippen LogP contribution < -0.4 is 10.6 Å². The molecule has 0 aliphatic carbocycles. The number of carbonyl (C=O) groups excluding carboxylic acids is 1. The first-order chi connectivity index (χ1) is 10.3. The highest BCUT2D eigenvalue weighted by atomic mass is 35.5. The first-order valence-corrected chi connectivity index (χ1v) is 8.92. The standard InChI is InChI=1S/C16H18N2OS2.ClH/c19-16(18-10-12-8-17-9-12)14-5-1-2-6-15(14)21-11-13-4-3-7-20-13;/h1-7,12,17H,8-11H2,(H,18,19);1H. The van der Waals surface area contributed by atoms with Gasteiger partial charge < -0.3 is 10.6 Å². The van der Waals surface area contributed by atoms with Gasteiger partial charge in [0.2, 0.25) is 0 Å². The first kappa shape index (κ1) is 17.3. The lowest BCUT2D eigenvalue weighted by Crippen LogP contribution is -2.48. The molecular formula is C16H19ClN2OS2. The Bertz CT molecular complexity index is 600. The fraction of sp³-hybridized carbons (Fsp3) is 0.312. The maximum atomic E-state index is 12.3. The van der Waals surface area contributed by atoms with E-state index in [2.05, 4.69) is 28.1 Å². The van der Waals surface area contributed by atoms with Gasteiger partial charge in [0.15, 0.2) is 0 Å². The van der Waals surface area contributed by atoms with Gasteiger partial charge in [-0.2, -0.15) is 0 Å². The van der Waals surface area contributed by atoms with Gasteiger partial charge in [-0.1, -0.05) is 18.2 Å². The zero-order valence-electron chi connectivity index (χ0n) is 12.1. The van der Waals surface area contributed by atoms with Crippen molar-refractivity contribution in [1.29, 1.82) is 0 Å². The molecule has 3 rings (SSSR count). The molecule has 0 saturated carbocycles. The van der Waals surface area contributed by atoms with Gasteiger partial charge in [-0.3, -0.25) is 4.79 Å². The van der Waals surface area contributed by atoms with Crippen molar-refractivity contribution in [2.75, 3.05) is 19.6 Å². The molecular weight excluding hydrogens is 336 g/mol. The van der Waals surface area contributed by atoms with Crippen LogP contribution in [0.1, 0.15) is 15.2 Å². The van der Waals surface area contributed by atoms with E-state index < -0.39 is 0 Å². The van der Waals surface area contributed by atoms with Crippen molar-refractivity contribution in [3.63, 3.8) is 0 Å². The Morgan fingerprint density at radius 3 is 2.77 bits per heavy atom. The number of amides is 1. The highest BCUT2D eigenvalue weighted by molar-refractivity contribution is 7.98. The minimum absolute atomic E-state index is 0. The lowest BCUT2D eigenvalue weighted by Gasteiger charge is -2.27. The first-order valence-electron chi connectivity index (χ1n) is 7.06. The third-order valence-corrected chi connectivity index (χ3v) is 5.68. The van der Waals surface area contributed by atoms with Crippen LogP contribution in [0.5, 0.6) is 0 Å². The number of thiophene rings is 1. The van der Waals surface area contributed by atoms with E-state index >= 15 is 0 Å². The number of halogens is 1. The van der Waals surface area contributed by atoms with Crippen LogP contribution >= 0.6 is 35.5 Å². The zero-order valence-corrected chi connectivity index (χ0v) is 14.5. The van der Waals surface area contributed by atoms with Gasteiger partial charge in [0.25, 0.3) is 5.91 Å². The molecule has 1 fully saturated rings. The van der Waals surface area contributed by atoms with Crippen LogP contribution in [0.4, 0.5) is 0 Å². The molecule has 1 aromatic carbocycles. The maximum Gasteiger partial charge on any atom is 0.252 e. The minimum atomic E-state index is 0. The Morgan fingerprint density at radius 2 is 2.09 bits per heavy atom. The molecule has 1 aliphatic rings. The average Bonchev–Trinajstić information content (AvgIpc) is 2.97. The number of carbonyl (C=O) groups is 1. The van der Waals surface area contributed by atoms with Crippen LogP contribution in [0.25, 0.3) is 0 Å². The fourth-order valence-electron chi connectivity index (χ4n) is 2.15. The van der Waals surface area contributed by atoms with Crippen LogP contribution in [-0.2, 0) is 5.75 Å². The van der Waals surface area contributed by atoms with Gasteiger partial charge >= 0.3 is 0 Å². The normalized spacial score (nSPS) is 14.0. The molecule has 3 nitrogen and oxygen atoms in total. The van der Waals surface area contributed by atoms with Crippen LogP contribution in [0.15, 0.2) is 46.7 Å². The fourth-order valence-corrected chi connectivity index (χ4v) is 3.97. The second-order valence-corrected chi connectivity index (χ2v) is 7.15. The number of thioether (sulfide) groups is 1. The van der Waals surface area contributed by atoms with Crippen LogP contribution in [0.3, 0.4) is 0 Å². The largest absolute Gasteiger partial charge is 0.352 e. The smallest absolute Gasteiger partial charge is 0.252 e. The van der Waals surface area contributed by atoms with E-state index in [0.717, 1.165) is 35.8 Å². The number of rotatable bonds is 6. The highest BCUT2D eigenvalue weighted by Crippen LogP contribution is 2.27. The predicted octanol–water partition coefficient (Wildman–Crippen LogP) is 3.41. The quantitative estimate of drug-likeness (QED) is 0.781. The second kappa shape index (κ2) is 8.58. The Balaban J connectivity index is 0.00000176. The van der Waals surface area contributed by atoms with E-state index in [4.69, 9.17) is 0 Å². The second-order valence-electron chi connectivity index (χ2n) is 5.10. The van der Waals surface area contributed by atoms with E-state index in [0.29, 0.717) is 5.92 Å². The maximum absolute atomic E-state index is 12.3. The zero-order chi connectivity index (χ0) is 14.5. The summed E-state index contributed by atoms with van der Waals surface area (Å²) in [6.45, 7) is 2.78. The summed E-state index contributed by atoms with van der Waals surface area (Å²) in [5.41, 5.74) is 0.784. The van der Waals surface area contributed by atoms with E-state index in [1.807, 2.05) is 24.3 Å². The van der Waals surface area contributed by atoms with Crippen molar-refractivity contribution in [2.24, 2.45) is 5.92 Å². The Kier molecular flexibility index (Phi) is 6.76. The average molecular weight is 355 g/mol. The van der Waals surface area contributed by atoms with Crippen molar-refractivity contribution in [2.45, 2.75) is 10.6 Å². The van der Waals surface area contributed by atoms with Gasteiger partial charge in [0, 0.05) is 41.1 Å². The summed E-state index contributed by atoms with van der Waals surface area (Å²) >= 11 is 3.48. The van der Waals surface area contributed by atoms with Crippen LogP contribution in [-0.4, -0.2) is 25.5 Å². The molecule has 1 aliphatic heterocycles. The number of hydrogen-bond donors (Lipinski definition) is 2. The molecule has 2 aromatic rings. The number of nitrogens with one attached hydrogen (secondary N) is 2. The monoisotopic (exact) mass is 354 g/mol. The summed E-state index contributed by atoms with van der Waals surface area (Å²) in [6, 6.07) is 12.0. The summed E-state index contributed by atoms with van der Waals surface area (Å²) in [7, 11) is 0. The van der Waals surface area contributed by atoms with Gasteiger partial charge in [0.1, 0.15) is 0 Å². The van der Waals surface area contributed by atoms with Gasteiger partial charge in [-0.15, -0.1) is 35.5 Å². The molecule has 2 N–H and O–H groups in total. The van der Waals surface area contributed by atoms with Crippen molar-refractivity contribution in [3.05, 3.63) is 52.2 Å². The molecule has 6 heteroatoms. The van der Waals surface area contributed by atoms with E-state index in [1.165, 1.54) is 4.88 Å². The number of hydrogen-bond acceptors (Lipinski definition) is 4. The summed E-state index contributed by atoms with van der Waals surface area (Å²) in [4.78, 5) is 14.7. The van der Waals surface area contributed by atoms with Crippen molar-refractivity contribution < 1.29 is 4.79 Å². The van der Waals surface area contributed by atoms with Gasteiger partial charge in [0.05, 0.1) is 5.56 Å². The Hall–Kier alpha value is -1.01. The lowest BCUT2D eigenvalue weighted by atomic mass is 10.0. The third-order valence-electron chi connectivity index (χ3n) is 3.50. The molecule has 0 atom stereocenters. The van der Waals surface area contributed by atoms with Crippen LogP contribution in [0, 0.1) is 5.92 Å². The molecule has 1 amide bonds. The van der Waals surface area contributed by atoms with E-state index in [-0.39, 0.29) is 18.3 Å². The minimum Gasteiger partial charge on any atom is -0.352 e. The summed E-state index contributed by atoms with van der Waals surface area (Å²) in [5.74, 6) is 1.53. The number of benzene rings is 1. The van der Waals surface area contributed by atoms with Crippen molar-refractivity contribution >= 4 is 41.4 Å². The Labute approximate surface area is 145 Å². The van der Waals surface area contributed by atoms with Crippen molar-refractivity contribution in [1.82, 2.24) is 10.6 Å². The molecule has 22 heavy (non-hydrogen) atoms. The molecule has 2 heterocycles. The molecule has 0 radical (unpaired) electrons. The molecule has 1 aromatic heterocycles.